The first-order valence-electron chi connectivity index (χ1n) is 11.0. The van der Waals surface area contributed by atoms with Gasteiger partial charge < -0.3 is 19.9 Å². The van der Waals surface area contributed by atoms with Crippen molar-refractivity contribution >= 4 is 5.91 Å². The monoisotopic (exact) mass is 456 g/mol. The summed E-state index contributed by atoms with van der Waals surface area (Å²) in [5, 5.41) is 0. The molecule has 1 unspecified atom stereocenters. The van der Waals surface area contributed by atoms with Gasteiger partial charge in [0.1, 0.15) is 24.1 Å². The van der Waals surface area contributed by atoms with Crippen LogP contribution in [0.25, 0.3) is 11.3 Å². The highest BCUT2D eigenvalue weighted by atomic mass is 19.1. The number of halogens is 2. The average molecular weight is 457 g/mol. The largest absolute Gasteiger partial charge is 0.375 e. The summed E-state index contributed by atoms with van der Waals surface area (Å²) in [6.07, 6.45) is 3.05. The fourth-order valence-electron chi connectivity index (χ4n) is 3.91. The molecule has 1 heterocycles. The molecule has 176 valence electrons. The van der Waals surface area contributed by atoms with Crippen LogP contribution in [-0.4, -0.2) is 47.2 Å². The molecule has 0 saturated heterocycles. The van der Waals surface area contributed by atoms with Crippen LogP contribution in [0.4, 0.5) is 8.78 Å². The number of methoxy groups -OCH3 is 1. The highest BCUT2D eigenvalue weighted by Gasteiger charge is 2.28. The zero-order valence-electron chi connectivity index (χ0n) is 19.0. The number of imidazole rings is 1. The highest BCUT2D eigenvalue weighted by molar-refractivity contribution is 5.78. The predicted octanol–water partition coefficient (Wildman–Crippen LogP) is 4.15. The van der Waals surface area contributed by atoms with Gasteiger partial charge in [-0.3, -0.25) is 4.79 Å². The summed E-state index contributed by atoms with van der Waals surface area (Å²) in [6.45, 7) is 3.18. The fourth-order valence-corrected chi connectivity index (χ4v) is 3.91. The third-order valence-electron chi connectivity index (χ3n) is 5.42. The van der Waals surface area contributed by atoms with E-state index in [2.05, 4.69) is 0 Å². The van der Waals surface area contributed by atoms with Gasteiger partial charge in [-0.1, -0.05) is 31.2 Å². The molecule has 8 heteroatoms. The van der Waals surface area contributed by atoms with Gasteiger partial charge in [0.2, 0.25) is 5.91 Å². The van der Waals surface area contributed by atoms with Crippen LogP contribution in [-0.2, 0) is 16.1 Å². The molecule has 2 aromatic carbocycles. The Bertz CT molecular complexity index is 1070. The maximum Gasteiger partial charge on any atom is 0.249 e. The molecule has 0 aliphatic carbocycles. The molecule has 1 amide bonds. The topological polar surface area (TPSA) is 73.4 Å². The smallest absolute Gasteiger partial charge is 0.249 e. The van der Waals surface area contributed by atoms with Crippen LogP contribution in [0.1, 0.15) is 37.2 Å². The number of aromatic nitrogens is 2. The lowest BCUT2D eigenvalue weighted by atomic mass is 10.1. The summed E-state index contributed by atoms with van der Waals surface area (Å²) in [6, 6.07) is 12.2. The number of nitrogens with zero attached hydrogens (tertiary/aromatic N) is 3. The normalized spacial score (nSPS) is 12.0. The number of hydrogen-bond acceptors (Lipinski definition) is 4. The van der Waals surface area contributed by atoms with E-state index in [9.17, 15) is 13.6 Å². The Labute approximate surface area is 193 Å². The molecule has 0 bridgehead atoms. The molecule has 0 spiro atoms. The van der Waals surface area contributed by atoms with Gasteiger partial charge in [0.05, 0.1) is 11.7 Å². The quantitative estimate of drug-likeness (QED) is 0.470. The van der Waals surface area contributed by atoms with Crippen LogP contribution in [0.2, 0.25) is 0 Å². The van der Waals surface area contributed by atoms with Crippen molar-refractivity contribution in [1.29, 1.82) is 0 Å². The first kappa shape index (κ1) is 24.5. The average Bonchev–Trinajstić information content (AvgIpc) is 3.20. The first-order valence-corrected chi connectivity index (χ1v) is 11.0. The second kappa shape index (κ2) is 11.7. The summed E-state index contributed by atoms with van der Waals surface area (Å²) in [4.78, 5) is 19.4. The minimum atomic E-state index is -0.361. The van der Waals surface area contributed by atoms with E-state index in [1.807, 2.05) is 23.8 Å². The van der Waals surface area contributed by atoms with Gasteiger partial charge in [0, 0.05) is 32.0 Å². The van der Waals surface area contributed by atoms with Crippen LogP contribution in [0.5, 0.6) is 0 Å². The Kier molecular flexibility index (Phi) is 8.68. The van der Waals surface area contributed by atoms with Gasteiger partial charge in [-0.25, -0.2) is 13.8 Å². The number of nitrogens with two attached hydrogens (primary N) is 1. The minimum absolute atomic E-state index is 0.0531. The van der Waals surface area contributed by atoms with Crippen LogP contribution >= 0.6 is 0 Å². The molecule has 0 saturated carbocycles. The highest BCUT2D eigenvalue weighted by Crippen LogP contribution is 2.29. The summed E-state index contributed by atoms with van der Waals surface area (Å²) >= 11 is 0. The zero-order valence-corrected chi connectivity index (χ0v) is 19.0. The van der Waals surface area contributed by atoms with Gasteiger partial charge in [0.25, 0.3) is 0 Å². The Hall–Kier alpha value is -3.10. The van der Waals surface area contributed by atoms with Gasteiger partial charge in [-0.05, 0) is 49.2 Å². The molecular weight excluding hydrogens is 426 g/mol. The van der Waals surface area contributed by atoms with Gasteiger partial charge in [0.15, 0.2) is 0 Å². The van der Waals surface area contributed by atoms with Crippen LogP contribution in [0.3, 0.4) is 0 Å². The molecule has 2 N–H and O–H groups in total. The number of rotatable bonds is 11. The SMILES string of the molecule is CCC(c1nc(-c2cccc(F)c2)cn1Cc1cccc(F)c1)N(CCCN)C(=O)COC. The zero-order chi connectivity index (χ0) is 23.8. The molecule has 0 radical (unpaired) electrons. The van der Waals surface area contributed by atoms with Crippen LogP contribution < -0.4 is 5.73 Å². The number of carbonyl (C=O) groups excluding carboxylic acids is 1. The van der Waals surface area contributed by atoms with Crippen molar-refractivity contribution in [3.8, 4) is 11.3 Å². The van der Waals surface area contributed by atoms with E-state index in [4.69, 9.17) is 15.5 Å². The van der Waals surface area contributed by atoms with Crippen molar-refractivity contribution in [3.63, 3.8) is 0 Å². The van der Waals surface area contributed by atoms with E-state index in [0.717, 1.165) is 5.56 Å². The van der Waals surface area contributed by atoms with E-state index in [1.165, 1.54) is 31.4 Å². The van der Waals surface area contributed by atoms with Gasteiger partial charge in [-0.15, -0.1) is 0 Å². The molecule has 1 aromatic heterocycles. The van der Waals surface area contributed by atoms with E-state index in [0.29, 0.717) is 49.6 Å². The lowest BCUT2D eigenvalue weighted by Gasteiger charge is -2.31. The van der Waals surface area contributed by atoms with Crippen molar-refractivity contribution in [1.82, 2.24) is 14.5 Å². The third-order valence-corrected chi connectivity index (χ3v) is 5.42. The standard InChI is InChI=1S/C25H30F2N4O2/c1-3-23(31(12-6-11-28)24(32)17-33-2)25-29-22(19-8-5-10-21(27)14-19)16-30(25)15-18-7-4-9-20(26)13-18/h4-5,7-10,13-14,16,23H,3,6,11-12,15,17,28H2,1-2H3. The first-order chi connectivity index (χ1) is 16.0. The molecule has 6 nitrogen and oxygen atoms in total. The van der Waals surface area contributed by atoms with Crippen molar-refractivity contribution in [2.75, 3.05) is 26.8 Å². The van der Waals surface area contributed by atoms with Crippen molar-refractivity contribution < 1.29 is 18.3 Å². The summed E-state index contributed by atoms with van der Waals surface area (Å²) < 4.78 is 34.7. The van der Waals surface area contributed by atoms with Crippen molar-refractivity contribution in [2.45, 2.75) is 32.4 Å². The maximum absolute atomic E-state index is 13.9. The van der Waals surface area contributed by atoms with E-state index >= 15 is 0 Å². The summed E-state index contributed by atoms with van der Waals surface area (Å²) in [7, 11) is 1.48. The molecule has 0 fully saturated rings. The second-order valence-corrected chi connectivity index (χ2v) is 7.84. The summed E-state index contributed by atoms with van der Waals surface area (Å²) in [5.41, 5.74) is 7.67. The molecule has 0 aliphatic rings. The maximum atomic E-state index is 13.9. The Morgan fingerprint density at radius 3 is 2.55 bits per heavy atom. The Morgan fingerprint density at radius 1 is 1.18 bits per heavy atom. The van der Waals surface area contributed by atoms with Gasteiger partial charge >= 0.3 is 0 Å². The lowest BCUT2D eigenvalue weighted by Crippen LogP contribution is -2.39. The Morgan fingerprint density at radius 2 is 1.91 bits per heavy atom. The molecule has 0 aliphatic heterocycles. The number of hydrogen-bond donors (Lipinski definition) is 1. The molecular formula is C25H30F2N4O2. The van der Waals surface area contributed by atoms with Gasteiger partial charge in [-0.2, -0.15) is 0 Å². The van der Waals surface area contributed by atoms with Crippen molar-refractivity contribution in [3.05, 3.63) is 77.8 Å². The summed E-state index contributed by atoms with van der Waals surface area (Å²) in [5.74, 6) is -0.208. The minimum Gasteiger partial charge on any atom is -0.375 e. The number of carbonyl (C=O) groups is 1. The predicted molar refractivity (Wildman–Crippen MR) is 123 cm³/mol. The molecule has 1 atom stereocenters. The Balaban J connectivity index is 2.07. The van der Waals surface area contributed by atoms with E-state index in [-0.39, 0.29) is 30.2 Å². The number of amides is 1. The number of benzene rings is 2. The second-order valence-electron chi connectivity index (χ2n) is 7.84. The van der Waals surface area contributed by atoms with Crippen LogP contribution in [0.15, 0.2) is 54.7 Å². The van der Waals surface area contributed by atoms with Crippen molar-refractivity contribution in [2.24, 2.45) is 5.73 Å². The molecule has 3 rings (SSSR count). The third kappa shape index (κ3) is 6.24. The number of ether oxygens (including phenoxy) is 1. The van der Waals surface area contributed by atoms with Crippen LogP contribution in [0, 0.1) is 11.6 Å². The molecule has 33 heavy (non-hydrogen) atoms. The molecule has 3 aromatic rings. The van der Waals surface area contributed by atoms with E-state index in [1.54, 1.807) is 23.1 Å². The lowest BCUT2D eigenvalue weighted by molar-refractivity contribution is -0.138. The van der Waals surface area contributed by atoms with E-state index < -0.39 is 0 Å². The fraction of sp³-hybridized carbons (Fsp3) is 0.360.